The van der Waals surface area contributed by atoms with Crippen LogP contribution in [0.1, 0.15) is 54.4 Å². The van der Waals surface area contributed by atoms with Crippen LogP contribution in [0.15, 0.2) is 0 Å². The van der Waals surface area contributed by atoms with Crippen molar-refractivity contribution in [3.63, 3.8) is 0 Å². The standard InChI is InChI=1S/C8H16N2O3.3C2H6/c1-13-6-8(12)10-5-3-2-4-9-7-11;3*1-2/h7H,2-6H2,1H3,(H,9,11)(H,10,12);3*1-2H3. The second kappa shape index (κ2) is 36.0. The van der Waals surface area contributed by atoms with Crippen LogP contribution in [0, 0.1) is 0 Å². The normalized spacial score (nSPS) is 7.32. The molecule has 5 heteroatoms. The summed E-state index contributed by atoms with van der Waals surface area (Å²) in [4.78, 5) is 20.7. The summed E-state index contributed by atoms with van der Waals surface area (Å²) in [7, 11) is 1.48. The molecule has 2 amide bonds. The smallest absolute Gasteiger partial charge is 0.245 e. The number of hydrogen-bond acceptors (Lipinski definition) is 3. The van der Waals surface area contributed by atoms with E-state index in [2.05, 4.69) is 15.4 Å². The molecule has 0 saturated carbocycles. The summed E-state index contributed by atoms with van der Waals surface area (Å²) >= 11 is 0. The summed E-state index contributed by atoms with van der Waals surface area (Å²) in [5.41, 5.74) is 0. The van der Waals surface area contributed by atoms with Crippen LogP contribution in [-0.4, -0.2) is 39.1 Å². The number of ether oxygens (including phenoxy) is 1. The van der Waals surface area contributed by atoms with Crippen LogP contribution in [0.5, 0.6) is 0 Å². The number of amides is 2. The molecule has 0 spiro atoms. The molecule has 0 radical (unpaired) electrons. The van der Waals surface area contributed by atoms with Crippen molar-refractivity contribution in [2.24, 2.45) is 0 Å². The summed E-state index contributed by atoms with van der Waals surface area (Å²) in [5.74, 6) is -0.106. The minimum absolute atomic E-state index is 0.104. The number of carbonyl (C=O) groups is 2. The Morgan fingerprint density at radius 1 is 1.00 bits per heavy atom. The zero-order valence-corrected chi connectivity index (χ0v) is 13.8. The van der Waals surface area contributed by atoms with Crippen molar-refractivity contribution in [3.8, 4) is 0 Å². The molecular weight excluding hydrogens is 244 g/mol. The number of hydrogen-bond donors (Lipinski definition) is 2. The molecular formula is C14H34N2O3. The number of rotatable bonds is 8. The molecule has 19 heavy (non-hydrogen) atoms. The molecule has 0 rings (SSSR count). The first-order valence-electron chi connectivity index (χ1n) is 7.24. The first-order chi connectivity index (χ1) is 9.31. The summed E-state index contributed by atoms with van der Waals surface area (Å²) in [5, 5.41) is 5.22. The maximum Gasteiger partial charge on any atom is 0.245 e. The van der Waals surface area contributed by atoms with Gasteiger partial charge in [0.05, 0.1) is 0 Å². The van der Waals surface area contributed by atoms with Gasteiger partial charge in [0.2, 0.25) is 12.3 Å². The lowest BCUT2D eigenvalue weighted by Crippen LogP contribution is -2.28. The maximum absolute atomic E-state index is 10.8. The minimum atomic E-state index is -0.106. The van der Waals surface area contributed by atoms with Crippen LogP contribution in [0.3, 0.4) is 0 Å². The number of methoxy groups -OCH3 is 1. The Balaban J connectivity index is -0.000000163. The van der Waals surface area contributed by atoms with Gasteiger partial charge in [-0.15, -0.1) is 0 Å². The third-order valence-electron chi connectivity index (χ3n) is 1.43. The topological polar surface area (TPSA) is 67.4 Å². The van der Waals surface area contributed by atoms with E-state index >= 15 is 0 Å². The Hall–Kier alpha value is -1.10. The Labute approximate surface area is 119 Å². The summed E-state index contributed by atoms with van der Waals surface area (Å²) in [6.45, 7) is 13.4. The van der Waals surface area contributed by atoms with Crippen molar-refractivity contribution in [3.05, 3.63) is 0 Å². The molecule has 0 saturated heterocycles. The van der Waals surface area contributed by atoms with Crippen LogP contribution in [-0.2, 0) is 14.3 Å². The fourth-order valence-electron chi connectivity index (χ4n) is 0.821. The van der Waals surface area contributed by atoms with Gasteiger partial charge >= 0.3 is 0 Å². The fourth-order valence-corrected chi connectivity index (χ4v) is 0.821. The van der Waals surface area contributed by atoms with Gasteiger partial charge in [-0.3, -0.25) is 9.59 Å². The Kier molecular flexibility index (Phi) is 50.1. The van der Waals surface area contributed by atoms with E-state index in [1.165, 1.54) is 7.11 Å². The lowest BCUT2D eigenvalue weighted by atomic mass is 10.3. The largest absolute Gasteiger partial charge is 0.375 e. The van der Waals surface area contributed by atoms with E-state index in [-0.39, 0.29) is 12.5 Å². The summed E-state index contributed by atoms with van der Waals surface area (Å²) < 4.78 is 4.63. The number of unbranched alkanes of at least 4 members (excludes halogenated alkanes) is 1. The zero-order valence-electron chi connectivity index (χ0n) is 13.8. The van der Waals surface area contributed by atoms with Gasteiger partial charge in [0.25, 0.3) is 0 Å². The van der Waals surface area contributed by atoms with Gasteiger partial charge in [-0.25, -0.2) is 0 Å². The molecule has 0 heterocycles. The van der Waals surface area contributed by atoms with Crippen LogP contribution in [0.4, 0.5) is 0 Å². The van der Waals surface area contributed by atoms with Gasteiger partial charge in [-0.2, -0.15) is 0 Å². The average molecular weight is 278 g/mol. The van der Waals surface area contributed by atoms with E-state index in [1.807, 2.05) is 41.5 Å². The first kappa shape index (κ1) is 26.5. The van der Waals surface area contributed by atoms with Crippen LogP contribution >= 0.6 is 0 Å². The van der Waals surface area contributed by atoms with E-state index in [4.69, 9.17) is 0 Å². The predicted octanol–water partition coefficient (Wildman–Crippen LogP) is 2.35. The molecule has 0 aromatic carbocycles. The third kappa shape index (κ3) is 38.3. The molecule has 2 N–H and O–H groups in total. The highest BCUT2D eigenvalue weighted by Crippen LogP contribution is 1.83. The number of nitrogens with one attached hydrogen (secondary N) is 2. The van der Waals surface area contributed by atoms with Gasteiger partial charge in [0, 0.05) is 20.2 Å². The summed E-state index contributed by atoms with van der Waals surface area (Å²) in [6, 6.07) is 0. The van der Waals surface area contributed by atoms with Crippen molar-refractivity contribution in [1.82, 2.24) is 10.6 Å². The van der Waals surface area contributed by atoms with Crippen LogP contribution in [0.2, 0.25) is 0 Å². The monoisotopic (exact) mass is 278 g/mol. The molecule has 0 aliphatic heterocycles. The van der Waals surface area contributed by atoms with Gasteiger partial charge < -0.3 is 15.4 Å². The molecule has 118 valence electrons. The van der Waals surface area contributed by atoms with Gasteiger partial charge in [-0.1, -0.05) is 41.5 Å². The fraction of sp³-hybridized carbons (Fsp3) is 0.857. The molecule has 0 aromatic rings. The van der Waals surface area contributed by atoms with Gasteiger partial charge in [-0.05, 0) is 12.8 Å². The molecule has 0 unspecified atom stereocenters. The van der Waals surface area contributed by atoms with Gasteiger partial charge in [0.15, 0.2) is 0 Å². The quantitative estimate of drug-likeness (QED) is 0.529. The van der Waals surface area contributed by atoms with Crippen molar-refractivity contribution < 1.29 is 14.3 Å². The third-order valence-corrected chi connectivity index (χ3v) is 1.43. The molecule has 5 nitrogen and oxygen atoms in total. The first-order valence-corrected chi connectivity index (χ1v) is 7.24. The average Bonchev–Trinajstić information content (AvgIpc) is 2.49. The van der Waals surface area contributed by atoms with Crippen molar-refractivity contribution >= 4 is 12.3 Å². The molecule has 0 fully saturated rings. The van der Waals surface area contributed by atoms with E-state index in [1.54, 1.807) is 0 Å². The van der Waals surface area contributed by atoms with E-state index in [0.717, 1.165) is 12.8 Å². The van der Waals surface area contributed by atoms with Crippen LogP contribution in [0.25, 0.3) is 0 Å². The maximum atomic E-state index is 10.8. The second-order valence-corrected chi connectivity index (χ2v) is 2.56. The Morgan fingerprint density at radius 2 is 1.47 bits per heavy atom. The highest BCUT2D eigenvalue weighted by molar-refractivity contribution is 5.77. The predicted molar refractivity (Wildman–Crippen MR) is 82.2 cm³/mol. The molecule has 0 aliphatic carbocycles. The van der Waals surface area contributed by atoms with Crippen LogP contribution < -0.4 is 10.6 Å². The van der Waals surface area contributed by atoms with E-state index < -0.39 is 0 Å². The molecule has 0 bridgehead atoms. The molecule has 0 aromatic heterocycles. The van der Waals surface area contributed by atoms with Gasteiger partial charge in [0.1, 0.15) is 6.61 Å². The van der Waals surface area contributed by atoms with E-state index in [9.17, 15) is 9.59 Å². The molecule has 0 atom stereocenters. The lowest BCUT2D eigenvalue weighted by Gasteiger charge is -2.03. The minimum Gasteiger partial charge on any atom is -0.375 e. The highest BCUT2D eigenvalue weighted by Gasteiger charge is 1.97. The van der Waals surface area contributed by atoms with E-state index in [0.29, 0.717) is 19.5 Å². The second-order valence-electron chi connectivity index (χ2n) is 2.56. The SMILES string of the molecule is CC.CC.CC.COCC(=O)NCCCCNC=O. The van der Waals surface area contributed by atoms with Crippen molar-refractivity contribution in [2.75, 3.05) is 26.8 Å². The zero-order chi connectivity index (χ0) is 15.9. The Bertz CT molecular complexity index is 154. The lowest BCUT2D eigenvalue weighted by molar-refractivity contribution is -0.124. The molecule has 0 aliphatic rings. The number of carbonyl (C=O) groups excluding carboxylic acids is 2. The highest BCUT2D eigenvalue weighted by atomic mass is 16.5. The van der Waals surface area contributed by atoms with Crippen molar-refractivity contribution in [1.29, 1.82) is 0 Å². The summed E-state index contributed by atoms with van der Waals surface area (Å²) in [6.07, 6.45) is 2.39. The Morgan fingerprint density at radius 3 is 1.89 bits per heavy atom. The van der Waals surface area contributed by atoms with Crippen molar-refractivity contribution in [2.45, 2.75) is 54.4 Å².